The predicted molar refractivity (Wildman–Crippen MR) is 118 cm³/mol. The van der Waals surface area contributed by atoms with Crippen LogP contribution in [0, 0.1) is 35.9 Å². The first-order valence-corrected chi connectivity index (χ1v) is 11.6. The van der Waals surface area contributed by atoms with Gasteiger partial charge in [-0.1, -0.05) is 23.3 Å². The summed E-state index contributed by atoms with van der Waals surface area (Å²) in [6, 6.07) is 6.96. The summed E-state index contributed by atoms with van der Waals surface area (Å²) in [4.78, 5) is 12.5. The normalized spacial score (nSPS) is 32.3. The highest BCUT2D eigenvalue weighted by Gasteiger charge is 2.57. The maximum atomic E-state index is 13.8. The Morgan fingerprint density at radius 2 is 2.22 bits per heavy atom. The van der Waals surface area contributed by atoms with E-state index in [4.69, 9.17) is 4.52 Å². The molecule has 3 unspecified atom stereocenters. The average molecular weight is 440 g/mol. The first-order valence-electron chi connectivity index (χ1n) is 11.6. The third-order valence-electron chi connectivity index (χ3n) is 8.32. The minimum absolute atomic E-state index is 0.0776. The van der Waals surface area contributed by atoms with Crippen LogP contribution < -0.4 is 5.32 Å². The van der Waals surface area contributed by atoms with Crippen LogP contribution >= 0.6 is 0 Å². The molecular weight excluding hydrogens is 409 g/mol. The van der Waals surface area contributed by atoms with Gasteiger partial charge in [0.2, 0.25) is 5.91 Å². The first-order chi connectivity index (χ1) is 15.4. The van der Waals surface area contributed by atoms with E-state index >= 15 is 0 Å². The van der Waals surface area contributed by atoms with E-state index in [9.17, 15) is 14.4 Å². The Hall–Kier alpha value is -2.70. The fourth-order valence-corrected chi connectivity index (χ4v) is 7.00. The highest BCUT2D eigenvalue weighted by atomic mass is 19.1. The number of nitrogens with zero attached hydrogens (tertiary/aromatic N) is 2. The van der Waals surface area contributed by atoms with Gasteiger partial charge in [-0.2, -0.15) is 0 Å². The summed E-state index contributed by atoms with van der Waals surface area (Å²) in [5, 5.41) is 20.2. The highest BCUT2D eigenvalue weighted by molar-refractivity contribution is 5.93. The van der Waals surface area contributed by atoms with Gasteiger partial charge in [-0.3, -0.25) is 4.79 Å². The molecular formula is C25H30FN3O3. The molecule has 0 radical (unpaired) electrons. The van der Waals surface area contributed by atoms with Crippen molar-refractivity contribution in [2.24, 2.45) is 28.3 Å². The molecule has 6 nitrogen and oxygen atoms in total. The number of aryl methyl sites for hydroxylation is 2. The van der Waals surface area contributed by atoms with Crippen LogP contribution in [0.15, 0.2) is 33.9 Å². The second kappa shape index (κ2) is 8.01. The minimum atomic E-state index is -0.162. The van der Waals surface area contributed by atoms with Gasteiger partial charge in [0.25, 0.3) is 0 Å². The lowest BCUT2D eigenvalue weighted by Gasteiger charge is -2.50. The molecule has 1 aromatic carbocycles. The van der Waals surface area contributed by atoms with Crippen LogP contribution in [0.4, 0.5) is 10.2 Å². The fraction of sp³-hybridized carbons (Fsp3) is 0.560. The van der Waals surface area contributed by atoms with Gasteiger partial charge >= 0.3 is 0 Å². The molecule has 0 aliphatic heterocycles. The van der Waals surface area contributed by atoms with E-state index in [2.05, 4.69) is 22.6 Å². The Morgan fingerprint density at radius 3 is 2.97 bits per heavy atom. The Bertz CT molecular complexity index is 1060. The molecule has 0 spiro atoms. The van der Waals surface area contributed by atoms with Crippen LogP contribution in [0.25, 0.3) is 0 Å². The lowest BCUT2D eigenvalue weighted by Crippen LogP contribution is -2.44. The smallest absolute Gasteiger partial charge is 0.225 e. The van der Waals surface area contributed by atoms with Crippen molar-refractivity contribution >= 4 is 17.4 Å². The Kier molecular flexibility index (Phi) is 5.30. The number of carbonyl (C=O) groups is 1. The second-order valence-electron chi connectivity index (χ2n) is 10.1. The summed E-state index contributed by atoms with van der Waals surface area (Å²) < 4.78 is 18.8. The zero-order valence-corrected chi connectivity index (χ0v) is 18.6. The molecule has 0 bridgehead atoms. The third kappa shape index (κ3) is 3.51. The van der Waals surface area contributed by atoms with Crippen LogP contribution in [0.3, 0.4) is 0 Å². The average Bonchev–Trinajstić information content (AvgIpc) is 3.31. The van der Waals surface area contributed by atoms with E-state index in [1.165, 1.54) is 5.56 Å². The molecule has 170 valence electrons. The summed E-state index contributed by atoms with van der Waals surface area (Å²) in [7, 11) is 0. The predicted octanol–water partition coefficient (Wildman–Crippen LogP) is 5.45. The molecule has 32 heavy (non-hydrogen) atoms. The molecule has 1 amide bonds. The van der Waals surface area contributed by atoms with Crippen LogP contribution in [-0.4, -0.2) is 22.0 Å². The van der Waals surface area contributed by atoms with Crippen LogP contribution in [0.1, 0.15) is 68.3 Å². The SMILES string of the molecule is Cc1cc(NC(=O)CC[C@@H]2C/C(=N\O)[C@@]3(C)CCC4c5ccc(F)cc5CCC4C23)no1. The van der Waals surface area contributed by atoms with Crippen LogP contribution in [0.5, 0.6) is 0 Å². The zero-order valence-electron chi connectivity index (χ0n) is 18.6. The van der Waals surface area contributed by atoms with Gasteiger partial charge in [0, 0.05) is 17.9 Å². The molecule has 2 N–H and O–H groups in total. The Morgan fingerprint density at radius 1 is 1.38 bits per heavy atom. The van der Waals surface area contributed by atoms with E-state index in [-0.39, 0.29) is 23.1 Å². The number of rotatable bonds is 4. The van der Waals surface area contributed by atoms with Crippen molar-refractivity contribution in [2.45, 2.75) is 64.7 Å². The Labute approximate surface area is 187 Å². The monoisotopic (exact) mass is 439 g/mol. The molecule has 1 heterocycles. The summed E-state index contributed by atoms with van der Waals surface area (Å²) in [5.74, 6) is 2.35. The van der Waals surface area contributed by atoms with Crippen LogP contribution in [0.2, 0.25) is 0 Å². The number of amides is 1. The van der Waals surface area contributed by atoms with Gasteiger partial charge in [0.15, 0.2) is 5.82 Å². The van der Waals surface area contributed by atoms with Gasteiger partial charge in [0.05, 0.1) is 5.71 Å². The van der Waals surface area contributed by atoms with E-state index < -0.39 is 0 Å². The number of benzene rings is 1. The molecule has 2 saturated carbocycles. The summed E-state index contributed by atoms with van der Waals surface area (Å²) in [6.45, 7) is 4.02. The molecule has 0 saturated heterocycles. The minimum Gasteiger partial charge on any atom is -0.411 e. The largest absolute Gasteiger partial charge is 0.411 e. The standard InChI is InChI=1S/C25H30FN3O3/c1-14-11-22(29-32-14)27-23(30)8-4-16-13-21(28-31)25(2)10-9-19-18-7-5-17(26)12-15(18)3-6-20(19)24(16)25/h5,7,11-12,16,19-20,24,31H,3-4,6,8-10,13H2,1-2H3,(H,27,29,30)/b28-21+/t16-,19?,20?,24?,25-/m1/s1. The molecule has 2 fully saturated rings. The van der Waals surface area contributed by atoms with Crippen molar-refractivity contribution in [3.8, 4) is 0 Å². The maximum absolute atomic E-state index is 13.8. The summed E-state index contributed by atoms with van der Waals surface area (Å²) >= 11 is 0. The number of nitrogens with one attached hydrogen (secondary N) is 1. The zero-order chi connectivity index (χ0) is 22.5. The molecule has 5 atom stereocenters. The van der Waals surface area contributed by atoms with Crippen molar-refractivity contribution in [3.63, 3.8) is 0 Å². The van der Waals surface area contributed by atoms with Crippen molar-refractivity contribution in [2.75, 3.05) is 5.32 Å². The molecule has 3 aliphatic carbocycles. The molecule has 5 rings (SSSR count). The lowest BCUT2D eigenvalue weighted by atomic mass is 9.54. The van der Waals surface area contributed by atoms with Gasteiger partial charge in [-0.15, -0.1) is 0 Å². The van der Waals surface area contributed by atoms with Gasteiger partial charge in [-0.25, -0.2) is 4.39 Å². The quantitative estimate of drug-likeness (QED) is 0.490. The first kappa shape index (κ1) is 21.2. The molecule has 3 aliphatic rings. The molecule has 1 aromatic heterocycles. The van der Waals surface area contributed by atoms with Crippen molar-refractivity contribution < 1.29 is 18.9 Å². The van der Waals surface area contributed by atoms with Crippen LogP contribution in [-0.2, 0) is 11.2 Å². The molecule has 7 heteroatoms. The van der Waals surface area contributed by atoms with Crippen molar-refractivity contribution in [3.05, 3.63) is 47.0 Å². The van der Waals surface area contributed by atoms with E-state index in [0.717, 1.165) is 49.8 Å². The van der Waals surface area contributed by atoms with Gasteiger partial charge in [0.1, 0.15) is 11.6 Å². The topological polar surface area (TPSA) is 87.7 Å². The number of anilines is 1. The van der Waals surface area contributed by atoms with Crippen molar-refractivity contribution in [1.29, 1.82) is 0 Å². The number of hydrogen-bond acceptors (Lipinski definition) is 5. The van der Waals surface area contributed by atoms with Gasteiger partial charge in [-0.05, 0) is 92.4 Å². The summed E-state index contributed by atoms with van der Waals surface area (Å²) in [6.07, 6.45) is 5.73. The lowest BCUT2D eigenvalue weighted by molar-refractivity contribution is -0.116. The third-order valence-corrected chi connectivity index (χ3v) is 8.32. The fourth-order valence-electron chi connectivity index (χ4n) is 7.00. The number of halogens is 1. The second-order valence-corrected chi connectivity index (χ2v) is 10.1. The number of oxime groups is 1. The van der Waals surface area contributed by atoms with E-state index in [0.29, 0.717) is 35.8 Å². The summed E-state index contributed by atoms with van der Waals surface area (Å²) in [5.41, 5.74) is 3.17. The van der Waals surface area contributed by atoms with Gasteiger partial charge < -0.3 is 15.0 Å². The Balaban J connectivity index is 1.36. The maximum Gasteiger partial charge on any atom is 0.225 e. The molecule has 2 aromatic rings. The van der Waals surface area contributed by atoms with E-state index in [1.807, 2.05) is 6.07 Å². The highest BCUT2D eigenvalue weighted by Crippen LogP contribution is 2.62. The number of fused-ring (bicyclic) bond motifs is 5. The number of aromatic nitrogens is 1. The number of carbonyl (C=O) groups excluding carboxylic acids is 1. The van der Waals surface area contributed by atoms with E-state index in [1.54, 1.807) is 25.1 Å². The van der Waals surface area contributed by atoms with Crippen molar-refractivity contribution in [1.82, 2.24) is 5.16 Å². The number of hydrogen-bond donors (Lipinski definition) is 2.